The number of nitrogens with one attached hydrogen (secondary N) is 1. The maximum absolute atomic E-state index is 12.5. The highest BCUT2D eigenvalue weighted by molar-refractivity contribution is 5.94. The highest BCUT2D eigenvalue weighted by Gasteiger charge is 2.16. The van der Waals surface area contributed by atoms with Gasteiger partial charge in [-0.1, -0.05) is 43.5 Å². The first-order valence-corrected chi connectivity index (χ1v) is 10.3. The van der Waals surface area contributed by atoms with Gasteiger partial charge in [0.05, 0.1) is 12.8 Å². The normalized spacial score (nSPS) is 14.2. The lowest BCUT2D eigenvalue weighted by atomic mass is 9.95. The summed E-state index contributed by atoms with van der Waals surface area (Å²) in [5.74, 6) is 1.62. The van der Waals surface area contributed by atoms with E-state index in [1.807, 2.05) is 48.5 Å². The number of benzene rings is 2. The van der Waals surface area contributed by atoms with Gasteiger partial charge in [0, 0.05) is 23.2 Å². The number of para-hydroxylation sites is 2. The largest absolute Gasteiger partial charge is 0.493 e. The lowest BCUT2D eigenvalue weighted by molar-refractivity contribution is 0.0927. The van der Waals surface area contributed by atoms with Crippen LogP contribution in [-0.2, 0) is 0 Å². The number of amides is 1. The molecular weight excluding hydrogens is 378 g/mol. The van der Waals surface area contributed by atoms with E-state index in [9.17, 15) is 4.79 Å². The van der Waals surface area contributed by atoms with Crippen molar-refractivity contribution in [2.75, 3.05) is 7.11 Å². The van der Waals surface area contributed by atoms with Gasteiger partial charge < -0.3 is 14.8 Å². The fraction of sp³-hybridized carbons (Fsp3) is 0.292. The standard InChI is InChI=1S/C24H25N3O3/c1-29-21-9-5-6-10-22(21)30-23-15-20(25-16-26-23)17-11-13-18(14-12-17)24(28)27-19-7-3-2-4-8-19/h5-6,9-16,19H,2-4,7-8H2,1H3,(H,27,28). The van der Waals surface area contributed by atoms with Crippen LogP contribution in [0.1, 0.15) is 42.5 Å². The number of nitrogens with zero attached hydrogens (tertiary/aromatic N) is 2. The third kappa shape index (κ3) is 4.76. The van der Waals surface area contributed by atoms with Crippen molar-refractivity contribution in [3.63, 3.8) is 0 Å². The Morgan fingerprint density at radius 1 is 0.967 bits per heavy atom. The Bertz CT molecular complexity index is 999. The first kappa shape index (κ1) is 19.9. The lowest BCUT2D eigenvalue weighted by Gasteiger charge is -2.22. The minimum absolute atomic E-state index is 0.0173. The molecule has 6 heteroatoms. The summed E-state index contributed by atoms with van der Waals surface area (Å²) >= 11 is 0. The summed E-state index contributed by atoms with van der Waals surface area (Å²) in [5, 5.41) is 3.15. The number of ether oxygens (including phenoxy) is 2. The summed E-state index contributed by atoms with van der Waals surface area (Å²) in [6.45, 7) is 0. The highest BCUT2D eigenvalue weighted by atomic mass is 16.5. The molecule has 0 aliphatic heterocycles. The molecule has 3 aromatic rings. The van der Waals surface area contributed by atoms with E-state index in [-0.39, 0.29) is 5.91 Å². The first-order chi connectivity index (χ1) is 14.7. The van der Waals surface area contributed by atoms with Gasteiger partial charge in [0.15, 0.2) is 11.5 Å². The van der Waals surface area contributed by atoms with Crippen LogP contribution in [0.25, 0.3) is 11.3 Å². The second kappa shape index (κ2) is 9.39. The fourth-order valence-electron chi connectivity index (χ4n) is 3.68. The van der Waals surface area contributed by atoms with Crippen molar-refractivity contribution in [1.29, 1.82) is 0 Å². The molecule has 1 amide bonds. The minimum Gasteiger partial charge on any atom is -0.493 e. The third-order valence-electron chi connectivity index (χ3n) is 5.31. The predicted octanol–water partition coefficient (Wildman–Crippen LogP) is 5.01. The molecule has 0 spiro atoms. The molecule has 154 valence electrons. The number of hydrogen-bond donors (Lipinski definition) is 1. The van der Waals surface area contributed by atoms with E-state index >= 15 is 0 Å². The van der Waals surface area contributed by atoms with E-state index in [0.717, 1.165) is 18.4 Å². The zero-order valence-corrected chi connectivity index (χ0v) is 17.0. The quantitative estimate of drug-likeness (QED) is 0.626. The van der Waals surface area contributed by atoms with Gasteiger partial charge in [-0.2, -0.15) is 0 Å². The SMILES string of the molecule is COc1ccccc1Oc1cc(-c2ccc(C(=O)NC3CCCCC3)cc2)ncn1. The van der Waals surface area contributed by atoms with Crippen molar-refractivity contribution in [2.24, 2.45) is 0 Å². The predicted molar refractivity (Wildman–Crippen MR) is 115 cm³/mol. The fourth-order valence-corrected chi connectivity index (χ4v) is 3.68. The van der Waals surface area contributed by atoms with Gasteiger partial charge in [-0.15, -0.1) is 0 Å². The van der Waals surface area contributed by atoms with Gasteiger partial charge in [-0.3, -0.25) is 4.79 Å². The summed E-state index contributed by atoms with van der Waals surface area (Å²) in [6.07, 6.45) is 7.25. The molecule has 6 nitrogen and oxygen atoms in total. The van der Waals surface area contributed by atoms with Crippen molar-refractivity contribution >= 4 is 5.91 Å². The zero-order valence-electron chi connectivity index (χ0n) is 17.0. The van der Waals surface area contributed by atoms with Crippen LogP contribution in [0.15, 0.2) is 60.9 Å². The molecule has 1 aliphatic carbocycles. The third-order valence-corrected chi connectivity index (χ3v) is 5.31. The van der Waals surface area contributed by atoms with Gasteiger partial charge in [-0.05, 0) is 37.1 Å². The first-order valence-electron chi connectivity index (χ1n) is 10.3. The number of carbonyl (C=O) groups excluding carboxylic acids is 1. The summed E-state index contributed by atoms with van der Waals surface area (Å²) in [5.41, 5.74) is 2.26. The molecule has 0 unspecified atom stereocenters. The molecule has 0 atom stereocenters. The van der Waals surface area contributed by atoms with Crippen LogP contribution < -0.4 is 14.8 Å². The summed E-state index contributed by atoms with van der Waals surface area (Å²) in [6, 6.07) is 16.9. The van der Waals surface area contributed by atoms with E-state index in [2.05, 4.69) is 15.3 Å². The van der Waals surface area contributed by atoms with Gasteiger partial charge in [-0.25, -0.2) is 9.97 Å². The Morgan fingerprint density at radius 2 is 1.70 bits per heavy atom. The number of rotatable bonds is 6. The molecule has 1 heterocycles. The zero-order chi connectivity index (χ0) is 20.8. The van der Waals surface area contributed by atoms with Crippen LogP contribution in [0.2, 0.25) is 0 Å². The Kier molecular flexibility index (Phi) is 6.23. The van der Waals surface area contributed by atoms with Gasteiger partial charge >= 0.3 is 0 Å². The molecule has 1 aliphatic rings. The molecule has 4 rings (SSSR count). The number of aromatic nitrogens is 2. The summed E-state index contributed by atoms with van der Waals surface area (Å²) in [7, 11) is 1.60. The number of methoxy groups -OCH3 is 1. The molecule has 1 saturated carbocycles. The topological polar surface area (TPSA) is 73.3 Å². The monoisotopic (exact) mass is 403 g/mol. The molecule has 2 aromatic carbocycles. The average molecular weight is 403 g/mol. The molecule has 0 saturated heterocycles. The molecule has 0 radical (unpaired) electrons. The molecule has 1 fully saturated rings. The van der Waals surface area contributed by atoms with E-state index in [1.54, 1.807) is 13.2 Å². The highest BCUT2D eigenvalue weighted by Crippen LogP contribution is 2.31. The maximum atomic E-state index is 12.5. The van der Waals surface area contributed by atoms with E-state index in [0.29, 0.717) is 34.7 Å². The van der Waals surface area contributed by atoms with Gasteiger partial charge in [0.1, 0.15) is 6.33 Å². The van der Waals surface area contributed by atoms with Crippen LogP contribution in [-0.4, -0.2) is 29.0 Å². The lowest BCUT2D eigenvalue weighted by Crippen LogP contribution is -2.36. The van der Waals surface area contributed by atoms with Crippen molar-refractivity contribution in [3.8, 4) is 28.6 Å². The number of carbonyl (C=O) groups is 1. The van der Waals surface area contributed by atoms with E-state index in [1.165, 1.54) is 25.6 Å². The molecule has 30 heavy (non-hydrogen) atoms. The molecular formula is C24H25N3O3. The van der Waals surface area contributed by atoms with E-state index in [4.69, 9.17) is 9.47 Å². The Labute approximate surface area is 176 Å². The van der Waals surface area contributed by atoms with Crippen LogP contribution in [0, 0.1) is 0 Å². The van der Waals surface area contributed by atoms with Crippen molar-refractivity contribution in [1.82, 2.24) is 15.3 Å². The number of hydrogen-bond acceptors (Lipinski definition) is 5. The molecule has 1 N–H and O–H groups in total. The second-order valence-corrected chi connectivity index (χ2v) is 7.38. The van der Waals surface area contributed by atoms with Crippen molar-refractivity contribution in [3.05, 3.63) is 66.5 Å². The van der Waals surface area contributed by atoms with Gasteiger partial charge in [0.2, 0.25) is 5.88 Å². The minimum atomic E-state index is -0.0173. The van der Waals surface area contributed by atoms with Crippen LogP contribution in [0.3, 0.4) is 0 Å². The Balaban J connectivity index is 1.46. The smallest absolute Gasteiger partial charge is 0.251 e. The molecule has 1 aromatic heterocycles. The average Bonchev–Trinajstić information content (AvgIpc) is 2.80. The van der Waals surface area contributed by atoms with Crippen molar-refractivity contribution in [2.45, 2.75) is 38.1 Å². The van der Waals surface area contributed by atoms with E-state index < -0.39 is 0 Å². The van der Waals surface area contributed by atoms with Crippen LogP contribution in [0.5, 0.6) is 17.4 Å². The van der Waals surface area contributed by atoms with Crippen molar-refractivity contribution < 1.29 is 14.3 Å². The Hall–Kier alpha value is -3.41. The summed E-state index contributed by atoms with van der Waals surface area (Å²) < 4.78 is 11.2. The molecule has 0 bridgehead atoms. The summed E-state index contributed by atoms with van der Waals surface area (Å²) in [4.78, 5) is 21.0. The van der Waals surface area contributed by atoms with Gasteiger partial charge in [0.25, 0.3) is 5.91 Å². The van der Waals surface area contributed by atoms with Crippen LogP contribution >= 0.6 is 0 Å². The Morgan fingerprint density at radius 3 is 2.43 bits per heavy atom. The maximum Gasteiger partial charge on any atom is 0.251 e. The van der Waals surface area contributed by atoms with Crippen LogP contribution in [0.4, 0.5) is 0 Å². The second-order valence-electron chi connectivity index (χ2n) is 7.38.